The van der Waals surface area contributed by atoms with E-state index in [0.29, 0.717) is 19.6 Å². The van der Waals surface area contributed by atoms with Gasteiger partial charge in [0.25, 0.3) is 0 Å². The predicted molar refractivity (Wildman–Crippen MR) is 127 cm³/mol. The minimum Gasteiger partial charge on any atom is -0.361 e. The van der Waals surface area contributed by atoms with Crippen molar-refractivity contribution in [1.29, 1.82) is 0 Å². The summed E-state index contributed by atoms with van der Waals surface area (Å²) in [6, 6.07) is 18.8. The van der Waals surface area contributed by atoms with Crippen LogP contribution in [0.1, 0.15) is 42.5 Å². The van der Waals surface area contributed by atoms with Gasteiger partial charge in [0.15, 0.2) is 0 Å². The monoisotopic (exact) mass is 450 g/mol. The first-order valence-corrected chi connectivity index (χ1v) is 13.0. The molecule has 1 aromatic heterocycles. The van der Waals surface area contributed by atoms with Crippen LogP contribution in [-0.4, -0.2) is 40.5 Å². The van der Waals surface area contributed by atoms with Crippen LogP contribution in [0.15, 0.2) is 67.1 Å². The van der Waals surface area contributed by atoms with Crippen LogP contribution in [0.5, 0.6) is 0 Å². The van der Waals surface area contributed by atoms with Crippen molar-refractivity contribution in [2.24, 2.45) is 0 Å². The lowest BCUT2D eigenvalue weighted by Crippen LogP contribution is -2.47. The zero-order valence-electron chi connectivity index (χ0n) is 18.2. The summed E-state index contributed by atoms with van der Waals surface area (Å²) in [5, 5.41) is -0.219. The SMILES string of the molecule is O=S(=O)(C1CCC1)N1Cc2ccccc2N(Cc2cnc[nH]2)[C@@H](CCc2ccccc2)C1. The minimum absolute atomic E-state index is 0.0667. The number of sulfonamides is 1. The Balaban J connectivity index is 1.50. The van der Waals surface area contributed by atoms with Gasteiger partial charge in [-0.25, -0.2) is 13.4 Å². The zero-order chi connectivity index (χ0) is 22.0. The van der Waals surface area contributed by atoms with Crippen LogP contribution in [0.25, 0.3) is 0 Å². The van der Waals surface area contributed by atoms with Gasteiger partial charge < -0.3 is 9.88 Å². The molecular weight excluding hydrogens is 420 g/mol. The van der Waals surface area contributed by atoms with Crippen LogP contribution in [0.2, 0.25) is 0 Å². The predicted octanol–water partition coefficient (Wildman–Crippen LogP) is 4.12. The molecule has 2 aliphatic rings. The molecule has 0 unspecified atom stereocenters. The van der Waals surface area contributed by atoms with Crippen molar-refractivity contribution in [2.75, 3.05) is 11.4 Å². The number of H-pyrrole nitrogens is 1. The van der Waals surface area contributed by atoms with Gasteiger partial charge >= 0.3 is 0 Å². The van der Waals surface area contributed by atoms with Crippen molar-refractivity contribution < 1.29 is 8.42 Å². The Kier molecular flexibility index (Phi) is 6.02. The smallest absolute Gasteiger partial charge is 0.217 e. The van der Waals surface area contributed by atoms with Crippen LogP contribution in [0.4, 0.5) is 5.69 Å². The maximum absolute atomic E-state index is 13.5. The second-order valence-corrected chi connectivity index (χ2v) is 11.1. The summed E-state index contributed by atoms with van der Waals surface area (Å²) in [7, 11) is -3.31. The van der Waals surface area contributed by atoms with Crippen molar-refractivity contribution in [1.82, 2.24) is 14.3 Å². The van der Waals surface area contributed by atoms with E-state index in [-0.39, 0.29) is 11.3 Å². The standard InChI is InChI=1S/C25H30N4O2S/c30-32(31,24-10-6-11-24)28-16-21-9-4-5-12-25(21)29(17-22-15-26-19-27-22)23(18-28)14-13-20-7-2-1-3-8-20/h1-5,7-9,12,15,19,23-24H,6,10-11,13-14,16-18H2,(H,26,27)/t23-/m0/s1. The minimum atomic E-state index is -3.31. The number of anilines is 1. The topological polar surface area (TPSA) is 69.3 Å². The number of para-hydroxylation sites is 1. The molecule has 0 bridgehead atoms. The molecule has 6 nitrogen and oxygen atoms in total. The number of nitrogens with one attached hydrogen (secondary N) is 1. The molecule has 168 valence electrons. The number of aromatic nitrogens is 2. The Morgan fingerprint density at radius 2 is 1.81 bits per heavy atom. The molecule has 7 heteroatoms. The van der Waals surface area contributed by atoms with E-state index in [1.165, 1.54) is 5.56 Å². The second-order valence-electron chi connectivity index (χ2n) is 8.90. The maximum atomic E-state index is 13.5. The van der Waals surface area contributed by atoms with Crippen LogP contribution in [0.3, 0.4) is 0 Å². The van der Waals surface area contributed by atoms with Gasteiger partial charge in [-0.1, -0.05) is 55.0 Å². The number of benzene rings is 2. The summed E-state index contributed by atoms with van der Waals surface area (Å²) in [4.78, 5) is 9.79. The molecule has 0 radical (unpaired) electrons. The molecule has 0 spiro atoms. The van der Waals surface area contributed by atoms with E-state index in [1.54, 1.807) is 10.6 Å². The van der Waals surface area contributed by atoms with Crippen molar-refractivity contribution in [3.05, 3.63) is 83.9 Å². The maximum Gasteiger partial charge on any atom is 0.217 e. The van der Waals surface area contributed by atoms with Crippen molar-refractivity contribution in [2.45, 2.75) is 56.5 Å². The molecule has 1 N–H and O–H groups in total. The number of imidazole rings is 1. The Labute approximate surface area is 190 Å². The fourth-order valence-electron chi connectivity index (χ4n) is 4.78. The normalized spacial score (nSPS) is 19.9. The van der Waals surface area contributed by atoms with Crippen molar-refractivity contribution in [3.8, 4) is 0 Å². The lowest BCUT2D eigenvalue weighted by Gasteiger charge is -2.36. The van der Waals surface area contributed by atoms with Gasteiger partial charge in [0.2, 0.25) is 10.0 Å². The fraction of sp³-hybridized carbons (Fsp3) is 0.400. The van der Waals surface area contributed by atoms with Crippen LogP contribution in [0, 0.1) is 0 Å². The lowest BCUT2D eigenvalue weighted by atomic mass is 10.0. The highest BCUT2D eigenvalue weighted by Gasteiger charge is 2.40. The molecule has 2 heterocycles. The Bertz CT molecular complexity index is 1130. The highest BCUT2D eigenvalue weighted by Crippen LogP contribution is 2.35. The number of fused-ring (bicyclic) bond motifs is 1. The molecule has 2 aromatic carbocycles. The van der Waals surface area contributed by atoms with Gasteiger partial charge in [-0.15, -0.1) is 0 Å². The third-order valence-electron chi connectivity index (χ3n) is 6.84. The molecule has 1 saturated carbocycles. The number of aromatic amines is 1. The Hall–Kier alpha value is -2.64. The average molecular weight is 451 g/mol. The Morgan fingerprint density at radius 1 is 1.03 bits per heavy atom. The molecule has 1 aliphatic carbocycles. The third-order valence-corrected chi connectivity index (χ3v) is 9.15. The number of nitrogens with zero attached hydrogens (tertiary/aromatic N) is 3. The molecule has 1 aliphatic heterocycles. The number of hydrogen-bond acceptors (Lipinski definition) is 4. The van der Waals surface area contributed by atoms with Crippen LogP contribution >= 0.6 is 0 Å². The third kappa shape index (κ3) is 4.32. The number of aryl methyl sites for hydroxylation is 1. The first-order chi connectivity index (χ1) is 15.6. The molecule has 32 heavy (non-hydrogen) atoms. The van der Waals surface area contributed by atoms with E-state index in [2.05, 4.69) is 51.3 Å². The van der Waals surface area contributed by atoms with Crippen LogP contribution < -0.4 is 4.90 Å². The molecule has 0 saturated heterocycles. The van der Waals surface area contributed by atoms with Gasteiger partial charge in [-0.05, 0) is 42.9 Å². The lowest BCUT2D eigenvalue weighted by molar-refractivity contribution is 0.350. The molecule has 5 rings (SSSR count). The van der Waals surface area contributed by atoms with Gasteiger partial charge in [0.05, 0.1) is 23.8 Å². The highest BCUT2D eigenvalue weighted by atomic mass is 32.2. The van der Waals surface area contributed by atoms with E-state index in [0.717, 1.165) is 49.0 Å². The number of rotatable bonds is 7. The van der Waals surface area contributed by atoms with Crippen LogP contribution in [-0.2, 0) is 29.5 Å². The summed E-state index contributed by atoms with van der Waals surface area (Å²) >= 11 is 0. The van der Waals surface area contributed by atoms with Crippen molar-refractivity contribution >= 4 is 15.7 Å². The number of hydrogen-bond donors (Lipinski definition) is 1. The highest BCUT2D eigenvalue weighted by molar-refractivity contribution is 7.89. The quantitative estimate of drug-likeness (QED) is 0.588. The largest absolute Gasteiger partial charge is 0.361 e. The summed E-state index contributed by atoms with van der Waals surface area (Å²) in [6.07, 6.45) is 7.92. The summed E-state index contributed by atoms with van der Waals surface area (Å²) < 4.78 is 28.7. The molecule has 3 aromatic rings. The van der Waals surface area contributed by atoms with Gasteiger partial charge in [0.1, 0.15) is 0 Å². The van der Waals surface area contributed by atoms with E-state index in [1.807, 2.05) is 24.4 Å². The van der Waals surface area contributed by atoms with Gasteiger partial charge in [-0.2, -0.15) is 4.31 Å². The first-order valence-electron chi connectivity index (χ1n) is 11.5. The van der Waals surface area contributed by atoms with Gasteiger partial charge in [-0.3, -0.25) is 0 Å². The fourth-order valence-corrected chi connectivity index (χ4v) is 6.83. The summed E-state index contributed by atoms with van der Waals surface area (Å²) in [5.74, 6) is 0. The summed E-state index contributed by atoms with van der Waals surface area (Å²) in [5.41, 5.74) is 4.49. The molecular formula is C25H30N4O2S. The Morgan fingerprint density at radius 3 is 2.53 bits per heavy atom. The first kappa shape index (κ1) is 21.2. The molecule has 1 atom stereocenters. The molecule has 1 fully saturated rings. The zero-order valence-corrected chi connectivity index (χ0v) is 19.0. The van der Waals surface area contributed by atoms with E-state index < -0.39 is 10.0 Å². The van der Waals surface area contributed by atoms with E-state index in [4.69, 9.17) is 0 Å². The second kappa shape index (κ2) is 9.08. The van der Waals surface area contributed by atoms with E-state index in [9.17, 15) is 8.42 Å². The summed E-state index contributed by atoms with van der Waals surface area (Å²) in [6.45, 7) is 1.62. The van der Waals surface area contributed by atoms with Gasteiger partial charge in [0, 0.05) is 31.0 Å². The van der Waals surface area contributed by atoms with E-state index >= 15 is 0 Å². The average Bonchev–Trinajstić information content (AvgIpc) is 3.21. The van der Waals surface area contributed by atoms with Crippen molar-refractivity contribution in [3.63, 3.8) is 0 Å². The molecule has 0 amide bonds.